The van der Waals surface area contributed by atoms with Crippen LogP contribution < -0.4 is 15.4 Å². The fourth-order valence-electron chi connectivity index (χ4n) is 3.00. The van der Waals surface area contributed by atoms with Crippen LogP contribution in [0.4, 0.5) is 5.69 Å². The Labute approximate surface area is 202 Å². The maximum atomic E-state index is 12.2. The molecule has 0 fully saturated rings. The van der Waals surface area contributed by atoms with Crippen molar-refractivity contribution in [1.82, 2.24) is 10.6 Å². The van der Waals surface area contributed by atoms with E-state index in [1.54, 1.807) is 12.1 Å². The van der Waals surface area contributed by atoms with Crippen molar-refractivity contribution in [3.05, 3.63) is 65.7 Å². The van der Waals surface area contributed by atoms with Gasteiger partial charge in [-0.15, -0.1) is 0 Å². The lowest BCUT2D eigenvalue weighted by Crippen LogP contribution is -2.46. The summed E-state index contributed by atoms with van der Waals surface area (Å²) in [5, 5.41) is 6.94. The smallest absolute Gasteiger partial charge is 0.311 e. The topological polar surface area (TPSA) is 96.5 Å². The van der Waals surface area contributed by atoms with E-state index in [0.717, 1.165) is 17.4 Å². The van der Waals surface area contributed by atoms with Gasteiger partial charge in [-0.1, -0.05) is 42.5 Å². The molecule has 2 atom stereocenters. The first kappa shape index (κ1) is 26.6. The summed E-state index contributed by atoms with van der Waals surface area (Å²) in [5.74, 6) is -0.266. The average Bonchev–Trinajstić information content (AvgIpc) is 2.71. The van der Waals surface area contributed by atoms with Crippen molar-refractivity contribution >= 4 is 39.0 Å². The summed E-state index contributed by atoms with van der Waals surface area (Å²) in [6.45, 7) is 7.60. The van der Waals surface area contributed by atoms with Gasteiger partial charge in [0.15, 0.2) is 5.11 Å². The Morgan fingerprint density at radius 3 is 2.18 bits per heavy atom. The van der Waals surface area contributed by atoms with Crippen LogP contribution in [0.3, 0.4) is 0 Å². The number of benzene rings is 2. The van der Waals surface area contributed by atoms with Gasteiger partial charge in [-0.3, -0.25) is 9.52 Å². The summed E-state index contributed by atoms with van der Waals surface area (Å²) in [6, 6.07) is 16.7. The van der Waals surface area contributed by atoms with Crippen LogP contribution in [0, 0.1) is 5.41 Å². The Balaban J connectivity index is 2.00. The third kappa shape index (κ3) is 9.79. The van der Waals surface area contributed by atoms with Crippen molar-refractivity contribution in [3.63, 3.8) is 0 Å². The number of hydrogen-bond acceptors (Lipinski definition) is 5. The van der Waals surface area contributed by atoms with Gasteiger partial charge in [-0.05, 0) is 69.6 Å². The monoisotopic (exact) mass is 491 g/mol. The zero-order valence-electron chi connectivity index (χ0n) is 19.7. The quantitative estimate of drug-likeness (QED) is 0.363. The Morgan fingerprint density at radius 1 is 1.03 bits per heavy atom. The van der Waals surface area contributed by atoms with Gasteiger partial charge in [-0.2, -0.15) is 0 Å². The molecule has 2 unspecified atom stereocenters. The highest BCUT2D eigenvalue weighted by Crippen LogP contribution is 2.18. The maximum absolute atomic E-state index is 12.2. The highest BCUT2D eigenvalue weighted by atomic mass is 32.2. The molecule has 0 bridgehead atoms. The molecule has 7 nitrogen and oxygen atoms in total. The Hall–Kier alpha value is -2.65. The van der Waals surface area contributed by atoms with E-state index in [9.17, 15) is 13.2 Å². The van der Waals surface area contributed by atoms with Crippen LogP contribution in [0.1, 0.15) is 44.9 Å². The van der Waals surface area contributed by atoms with Gasteiger partial charge in [0.1, 0.15) is 6.61 Å². The number of rotatable bonds is 9. The van der Waals surface area contributed by atoms with Crippen LogP contribution in [0.2, 0.25) is 0 Å². The molecule has 3 N–H and O–H groups in total. The molecule has 9 heteroatoms. The van der Waals surface area contributed by atoms with Crippen LogP contribution in [-0.4, -0.2) is 38.4 Å². The Bertz CT molecular complexity index is 1030. The number of thiocarbonyl (C=S) groups is 1. The third-order valence-electron chi connectivity index (χ3n) is 4.75. The van der Waals surface area contributed by atoms with Gasteiger partial charge in [0.2, 0.25) is 10.0 Å². The predicted molar refractivity (Wildman–Crippen MR) is 137 cm³/mol. The van der Waals surface area contributed by atoms with E-state index in [1.165, 1.54) is 0 Å². The number of anilines is 1. The van der Waals surface area contributed by atoms with Crippen molar-refractivity contribution in [2.75, 3.05) is 17.6 Å². The zero-order chi connectivity index (χ0) is 24.6. The molecule has 33 heavy (non-hydrogen) atoms. The zero-order valence-corrected chi connectivity index (χ0v) is 21.3. The van der Waals surface area contributed by atoms with E-state index in [4.69, 9.17) is 17.0 Å². The minimum Gasteiger partial charge on any atom is -0.463 e. The summed E-state index contributed by atoms with van der Waals surface area (Å²) < 4.78 is 30.7. The number of carbonyl (C=O) groups is 1. The maximum Gasteiger partial charge on any atom is 0.311 e. The molecule has 0 heterocycles. The van der Waals surface area contributed by atoms with Crippen molar-refractivity contribution < 1.29 is 17.9 Å². The molecule has 2 rings (SSSR count). The highest BCUT2D eigenvalue weighted by molar-refractivity contribution is 7.92. The Kier molecular flexibility index (Phi) is 9.25. The minimum atomic E-state index is -3.32. The normalized spacial score (nSPS) is 13.5. The van der Waals surface area contributed by atoms with Crippen molar-refractivity contribution in [1.29, 1.82) is 0 Å². The van der Waals surface area contributed by atoms with E-state index < -0.39 is 15.4 Å². The first-order chi connectivity index (χ1) is 15.3. The SMILES string of the molecule is CC(NC(=S)NC(COC(=O)C(C)(C)C)Cc1ccccc1)c1ccc(NS(C)(=O)=O)cc1. The number of carbonyl (C=O) groups excluding carboxylic acids is 1. The summed E-state index contributed by atoms with van der Waals surface area (Å²) in [4.78, 5) is 12.2. The lowest BCUT2D eigenvalue weighted by Gasteiger charge is -2.25. The first-order valence-electron chi connectivity index (χ1n) is 10.7. The average molecular weight is 492 g/mol. The fraction of sp³-hybridized carbons (Fsp3) is 0.417. The predicted octanol–water partition coefficient (Wildman–Crippen LogP) is 3.78. The van der Waals surface area contributed by atoms with E-state index >= 15 is 0 Å². The van der Waals surface area contributed by atoms with Crippen LogP contribution in [-0.2, 0) is 26.0 Å². The van der Waals surface area contributed by atoms with Crippen LogP contribution in [0.25, 0.3) is 0 Å². The van der Waals surface area contributed by atoms with Crippen LogP contribution >= 0.6 is 12.2 Å². The number of nitrogens with one attached hydrogen (secondary N) is 3. The lowest BCUT2D eigenvalue weighted by atomic mass is 9.97. The molecule has 0 aliphatic carbocycles. The number of sulfonamides is 1. The van der Waals surface area contributed by atoms with E-state index in [-0.39, 0.29) is 24.7 Å². The largest absolute Gasteiger partial charge is 0.463 e. The van der Waals surface area contributed by atoms with Crippen LogP contribution in [0.15, 0.2) is 54.6 Å². The minimum absolute atomic E-state index is 0.119. The first-order valence-corrected chi connectivity index (χ1v) is 13.0. The molecule has 0 aliphatic rings. The molecule has 2 aromatic carbocycles. The van der Waals surface area contributed by atoms with Crippen molar-refractivity contribution in [3.8, 4) is 0 Å². The fourth-order valence-corrected chi connectivity index (χ4v) is 3.91. The lowest BCUT2D eigenvalue weighted by molar-refractivity contribution is -0.153. The number of hydrogen-bond donors (Lipinski definition) is 3. The van der Waals surface area contributed by atoms with Crippen molar-refractivity contribution in [2.45, 2.75) is 46.2 Å². The second kappa shape index (κ2) is 11.5. The van der Waals surface area contributed by atoms with Gasteiger partial charge in [-0.25, -0.2) is 8.42 Å². The van der Waals surface area contributed by atoms with Gasteiger partial charge in [0, 0.05) is 5.69 Å². The molecule has 0 saturated heterocycles. The molecule has 180 valence electrons. The van der Waals surface area contributed by atoms with Gasteiger partial charge in [0.05, 0.1) is 23.8 Å². The summed E-state index contributed by atoms with van der Waals surface area (Å²) >= 11 is 5.52. The molecule has 0 amide bonds. The van der Waals surface area contributed by atoms with Gasteiger partial charge >= 0.3 is 5.97 Å². The van der Waals surface area contributed by atoms with E-state index in [1.807, 2.05) is 70.2 Å². The van der Waals surface area contributed by atoms with Gasteiger partial charge in [0.25, 0.3) is 0 Å². The molecule has 2 aromatic rings. The Morgan fingerprint density at radius 2 is 1.64 bits per heavy atom. The number of ether oxygens (including phenoxy) is 1. The molecule has 0 saturated carbocycles. The highest BCUT2D eigenvalue weighted by Gasteiger charge is 2.24. The second-order valence-corrected chi connectivity index (χ2v) is 11.2. The third-order valence-corrected chi connectivity index (χ3v) is 5.59. The molecule has 0 spiro atoms. The summed E-state index contributed by atoms with van der Waals surface area (Å²) in [6.07, 6.45) is 1.75. The summed E-state index contributed by atoms with van der Waals surface area (Å²) in [5.41, 5.74) is 1.96. The second-order valence-electron chi connectivity index (χ2n) is 9.07. The van der Waals surface area contributed by atoms with Gasteiger partial charge < -0.3 is 15.4 Å². The van der Waals surface area contributed by atoms with E-state index in [2.05, 4.69) is 15.4 Å². The van der Waals surface area contributed by atoms with E-state index in [0.29, 0.717) is 17.2 Å². The molecular formula is C24H33N3O4S2. The standard InChI is InChI=1S/C24H33N3O4S2/c1-17(19-11-13-20(14-12-19)27-33(5,29)30)25-23(32)26-21(15-18-9-7-6-8-10-18)16-31-22(28)24(2,3)4/h6-14,17,21,27H,15-16H2,1-5H3,(H2,25,26,32). The van der Waals surface area contributed by atoms with Crippen LogP contribution in [0.5, 0.6) is 0 Å². The van der Waals surface area contributed by atoms with Crippen molar-refractivity contribution in [2.24, 2.45) is 5.41 Å². The number of esters is 1. The molecule has 0 aliphatic heterocycles. The molecular weight excluding hydrogens is 458 g/mol. The summed E-state index contributed by atoms with van der Waals surface area (Å²) in [7, 11) is -3.32. The molecule has 0 radical (unpaired) electrons. The molecule has 0 aromatic heterocycles.